The van der Waals surface area contributed by atoms with Crippen LogP contribution in [-0.4, -0.2) is 58.0 Å². The van der Waals surface area contributed by atoms with Gasteiger partial charge in [0.25, 0.3) is 10.0 Å². The summed E-state index contributed by atoms with van der Waals surface area (Å²) in [6.07, 6.45) is 4.34. The van der Waals surface area contributed by atoms with Gasteiger partial charge in [0.2, 0.25) is 11.8 Å². The third-order valence-electron chi connectivity index (χ3n) is 7.79. The fourth-order valence-electron chi connectivity index (χ4n) is 5.52. The van der Waals surface area contributed by atoms with Gasteiger partial charge in [0, 0.05) is 18.7 Å². The Morgan fingerprint density at radius 1 is 0.930 bits per heavy atom. The molecule has 1 aliphatic rings. The average molecular weight is 608 g/mol. The number of hydrogen-bond acceptors (Lipinski definition) is 6. The third kappa shape index (κ3) is 7.67. The second-order valence-corrected chi connectivity index (χ2v) is 12.7. The van der Waals surface area contributed by atoms with E-state index in [1.807, 2.05) is 38.1 Å². The number of carbonyl (C=O) groups excluding carboxylic acids is 2. The van der Waals surface area contributed by atoms with Crippen LogP contribution in [0.15, 0.2) is 77.7 Å². The largest absolute Gasteiger partial charge is 0.493 e. The highest BCUT2D eigenvalue weighted by molar-refractivity contribution is 7.92. The zero-order valence-electron chi connectivity index (χ0n) is 25.3. The maximum Gasteiger partial charge on any atom is 0.264 e. The minimum absolute atomic E-state index is 0.0574. The molecule has 1 fully saturated rings. The number of aryl methyl sites for hydroxylation is 1. The molecule has 0 bridgehead atoms. The molecule has 230 valence electrons. The van der Waals surface area contributed by atoms with Gasteiger partial charge in [-0.05, 0) is 56.0 Å². The van der Waals surface area contributed by atoms with Crippen molar-refractivity contribution < 1.29 is 27.5 Å². The molecule has 10 heteroatoms. The van der Waals surface area contributed by atoms with Gasteiger partial charge in [-0.15, -0.1) is 0 Å². The number of rotatable bonds is 13. The first-order chi connectivity index (χ1) is 20.7. The van der Waals surface area contributed by atoms with Crippen LogP contribution in [0.4, 0.5) is 5.69 Å². The molecule has 1 aliphatic carbocycles. The van der Waals surface area contributed by atoms with Crippen LogP contribution in [0.25, 0.3) is 0 Å². The molecule has 3 aromatic carbocycles. The number of para-hydroxylation sites is 1. The molecule has 0 heterocycles. The van der Waals surface area contributed by atoms with Crippen LogP contribution in [0, 0.1) is 6.92 Å². The number of nitrogens with zero attached hydrogens (tertiary/aromatic N) is 2. The molecule has 0 aliphatic heterocycles. The van der Waals surface area contributed by atoms with E-state index in [9.17, 15) is 18.0 Å². The molecule has 0 unspecified atom stereocenters. The summed E-state index contributed by atoms with van der Waals surface area (Å²) in [6, 6.07) is 19.9. The number of methoxy groups -OCH3 is 2. The zero-order chi connectivity index (χ0) is 31.0. The van der Waals surface area contributed by atoms with Gasteiger partial charge in [-0.25, -0.2) is 8.42 Å². The Balaban J connectivity index is 1.72. The van der Waals surface area contributed by atoms with E-state index in [4.69, 9.17) is 9.47 Å². The molecule has 0 radical (unpaired) electrons. The van der Waals surface area contributed by atoms with Crippen LogP contribution in [0.3, 0.4) is 0 Å². The summed E-state index contributed by atoms with van der Waals surface area (Å²) >= 11 is 0. The van der Waals surface area contributed by atoms with Crippen molar-refractivity contribution in [3.63, 3.8) is 0 Å². The standard InChI is InChI=1S/C33H41N3O6S/c1-5-29(33(38)34-26-14-9-10-15-26)35(22-25-13-11-12-24(2)20-25)32(37)23-36(27-16-7-6-8-17-27)43(39,40)28-18-19-30(41-3)31(21-28)42-4/h6-8,11-13,16-21,26,29H,5,9-10,14-15,22-23H2,1-4H3,(H,34,38)/t29-/m0/s1. The minimum Gasteiger partial charge on any atom is -0.493 e. The molecule has 43 heavy (non-hydrogen) atoms. The summed E-state index contributed by atoms with van der Waals surface area (Å²) in [7, 11) is -1.34. The molecule has 0 aromatic heterocycles. The lowest BCUT2D eigenvalue weighted by Crippen LogP contribution is -2.53. The van der Waals surface area contributed by atoms with Crippen LogP contribution >= 0.6 is 0 Å². The van der Waals surface area contributed by atoms with Crippen LogP contribution in [0.5, 0.6) is 11.5 Å². The highest BCUT2D eigenvalue weighted by Gasteiger charge is 2.35. The maximum absolute atomic E-state index is 14.3. The molecular formula is C33H41N3O6S. The van der Waals surface area contributed by atoms with Crippen LogP contribution in [0.1, 0.15) is 50.2 Å². The Bertz CT molecular complexity index is 1510. The predicted molar refractivity (Wildman–Crippen MR) is 167 cm³/mol. The van der Waals surface area contributed by atoms with Crippen LogP contribution in [0.2, 0.25) is 0 Å². The van der Waals surface area contributed by atoms with Gasteiger partial charge in [0.15, 0.2) is 11.5 Å². The summed E-state index contributed by atoms with van der Waals surface area (Å²) in [4.78, 5) is 29.3. The first-order valence-electron chi connectivity index (χ1n) is 14.6. The number of amides is 2. The molecule has 1 N–H and O–H groups in total. The van der Waals surface area contributed by atoms with E-state index in [1.165, 1.54) is 37.3 Å². The molecule has 1 atom stereocenters. The first kappa shape index (κ1) is 31.9. The number of anilines is 1. The van der Waals surface area contributed by atoms with Crippen LogP contribution < -0.4 is 19.1 Å². The van der Waals surface area contributed by atoms with E-state index >= 15 is 0 Å². The van der Waals surface area contributed by atoms with E-state index < -0.39 is 28.5 Å². The minimum atomic E-state index is -4.24. The molecule has 0 spiro atoms. The number of carbonyl (C=O) groups is 2. The van der Waals surface area contributed by atoms with Crippen molar-refractivity contribution in [2.45, 2.75) is 69.5 Å². The van der Waals surface area contributed by atoms with Crippen molar-refractivity contribution in [2.24, 2.45) is 0 Å². The Kier molecular flexibility index (Phi) is 10.7. The average Bonchev–Trinajstić information content (AvgIpc) is 3.52. The van der Waals surface area contributed by atoms with Crippen molar-refractivity contribution in [1.82, 2.24) is 10.2 Å². The van der Waals surface area contributed by atoms with Gasteiger partial charge in [-0.2, -0.15) is 0 Å². The lowest BCUT2D eigenvalue weighted by molar-refractivity contribution is -0.140. The quantitative estimate of drug-likeness (QED) is 0.291. The predicted octanol–water partition coefficient (Wildman–Crippen LogP) is 5.07. The summed E-state index contributed by atoms with van der Waals surface area (Å²) < 4.78 is 40.0. The number of sulfonamides is 1. The molecule has 9 nitrogen and oxygen atoms in total. The SMILES string of the molecule is CC[C@@H](C(=O)NC1CCCC1)N(Cc1cccc(C)c1)C(=O)CN(c1ccccc1)S(=O)(=O)c1ccc(OC)c(OC)c1. The Labute approximate surface area is 254 Å². The summed E-state index contributed by atoms with van der Waals surface area (Å²) in [6.45, 7) is 3.49. The molecule has 2 amide bonds. The monoisotopic (exact) mass is 607 g/mol. The molecule has 4 rings (SSSR count). The second-order valence-electron chi connectivity index (χ2n) is 10.8. The fourth-order valence-corrected chi connectivity index (χ4v) is 6.95. The number of benzene rings is 3. The highest BCUT2D eigenvalue weighted by Crippen LogP contribution is 2.32. The summed E-state index contributed by atoms with van der Waals surface area (Å²) in [5, 5.41) is 3.14. The Hall–Kier alpha value is -4.05. The van der Waals surface area contributed by atoms with E-state index in [-0.39, 0.29) is 29.1 Å². The van der Waals surface area contributed by atoms with Gasteiger partial charge in [-0.3, -0.25) is 13.9 Å². The van der Waals surface area contributed by atoms with E-state index in [0.717, 1.165) is 41.1 Å². The normalized spacial score (nSPS) is 14.1. The van der Waals surface area contributed by atoms with E-state index in [1.54, 1.807) is 30.3 Å². The second kappa shape index (κ2) is 14.4. The zero-order valence-corrected chi connectivity index (χ0v) is 26.1. The molecular weight excluding hydrogens is 566 g/mol. The van der Waals surface area contributed by atoms with Crippen molar-refractivity contribution in [3.8, 4) is 11.5 Å². The van der Waals surface area contributed by atoms with Gasteiger partial charge >= 0.3 is 0 Å². The molecule has 3 aromatic rings. The highest BCUT2D eigenvalue weighted by atomic mass is 32.2. The lowest BCUT2D eigenvalue weighted by atomic mass is 10.1. The summed E-state index contributed by atoms with van der Waals surface area (Å²) in [5.41, 5.74) is 2.20. The van der Waals surface area contributed by atoms with Crippen molar-refractivity contribution >= 4 is 27.5 Å². The first-order valence-corrected chi connectivity index (χ1v) is 16.1. The smallest absolute Gasteiger partial charge is 0.264 e. The van der Waals surface area contributed by atoms with E-state index in [2.05, 4.69) is 5.32 Å². The molecule has 1 saturated carbocycles. The van der Waals surface area contributed by atoms with Crippen molar-refractivity contribution in [2.75, 3.05) is 25.1 Å². The van der Waals surface area contributed by atoms with Crippen LogP contribution in [-0.2, 0) is 26.2 Å². The lowest BCUT2D eigenvalue weighted by Gasteiger charge is -2.34. The number of nitrogens with one attached hydrogen (secondary N) is 1. The number of hydrogen-bond donors (Lipinski definition) is 1. The number of ether oxygens (including phenoxy) is 2. The van der Waals surface area contributed by atoms with E-state index in [0.29, 0.717) is 17.9 Å². The van der Waals surface area contributed by atoms with Crippen molar-refractivity contribution in [3.05, 3.63) is 83.9 Å². The van der Waals surface area contributed by atoms with Gasteiger partial charge in [-0.1, -0.05) is 67.8 Å². The Morgan fingerprint density at radius 3 is 2.26 bits per heavy atom. The molecule has 0 saturated heterocycles. The van der Waals surface area contributed by atoms with Gasteiger partial charge in [0.05, 0.1) is 24.8 Å². The Morgan fingerprint density at radius 2 is 1.63 bits per heavy atom. The van der Waals surface area contributed by atoms with Crippen molar-refractivity contribution in [1.29, 1.82) is 0 Å². The maximum atomic E-state index is 14.3. The third-order valence-corrected chi connectivity index (χ3v) is 9.56. The topological polar surface area (TPSA) is 105 Å². The fraction of sp³-hybridized carbons (Fsp3) is 0.394. The van der Waals surface area contributed by atoms with Gasteiger partial charge < -0.3 is 19.7 Å². The van der Waals surface area contributed by atoms with Gasteiger partial charge in [0.1, 0.15) is 12.6 Å². The summed E-state index contributed by atoms with van der Waals surface area (Å²) in [5.74, 6) is -0.0713.